The molecule has 0 radical (unpaired) electrons. The van der Waals surface area contributed by atoms with Crippen molar-refractivity contribution in [3.63, 3.8) is 0 Å². The molecule has 0 aromatic rings. The van der Waals surface area contributed by atoms with Gasteiger partial charge in [-0.1, -0.05) is 13.8 Å². The first kappa shape index (κ1) is 8.92. The van der Waals surface area contributed by atoms with E-state index in [1.54, 1.807) is 0 Å². The molecular weight excluding hydrogens is 112 g/mol. The molecule has 1 fully saturated rings. The molecule has 2 heteroatoms. The van der Waals surface area contributed by atoms with E-state index in [0.29, 0.717) is 6.04 Å². The van der Waals surface area contributed by atoms with E-state index in [1.165, 1.54) is 0 Å². The maximum atomic E-state index is 5.59. The fourth-order valence-electron chi connectivity index (χ4n) is 0.844. The summed E-state index contributed by atoms with van der Waals surface area (Å²) in [6.07, 6.45) is 2.31. The minimum Gasteiger partial charge on any atom is -0.328 e. The number of rotatable bonds is 0. The van der Waals surface area contributed by atoms with Crippen LogP contribution >= 0.6 is 0 Å². The normalized spacial score (nSPS) is 20.3. The van der Waals surface area contributed by atoms with Gasteiger partial charge < -0.3 is 11.1 Å². The first-order valence-corrected chi connectivity index (χ1v) is 3.86. The molecule has 0 unspecified atom stereocenters. The van der Waals surface area contributed by atoms with E-state index in [9.17, 15) is 0 Å². The fraction of sp³-hybridized carbons (Fsp3) is 1.00. The highest BCUT2D eigenvalue weighted by atomic mass is 14.9. The summed E-state index contributed by atoms with van der Waals surface area (Å²) in [6.45, 7) is 6.22. The average Bonchev–Trinajstić information content (AvgIpc) is 1.94. The van der Waals surface area contributed by atoms with E-state index >= 15 is 0 Å². The molecule has 1 heterocycles. The van der Waals surface area contributed by atoms with Crippen molar-refractivity contribution in [1.29, 1.82) is 0 Å². The highest BCUT2D eigenvalue weighted by Gasteiger charge is 2.05. The highest BCUT2D eigenvalue weighted by Crippen LogP contribution is 1.96. The first-order chi connectivity index (χ1) is 4.39. The second kappa shape index (κ2) is 6.05. The zero-order chi connectivity index (χ0) is 7.11. The van der Waals surface area contributed by atoms with Crippen LogP contribution in [-0.2, 0) is 0 Å². The molecule has 0 spiro atoms. The molecule has 1 rings (SSSR count). The van der Waals surface area contributed by atoms with Crippen LogP contribution < -0.4 is 11.1 Å². The lowest BCUT2D eigenvalue weighted by molar-refractivity contribution is 0.458. The summed E-state index contributed by atoms with van der Waals surface area (Å²) in [5.74, 6) is 0. The zero-order valence-corrected chi connectivity index (χ0v) is 6.48. The Hall–Kier alpha value is -0.0800. The molecule has 0 aromatic carbocycles. The SMILES string of the molecule is CC.NC1CCNCC1.[HH]. The summed E-state index contributed by atoms with van der Waals surface area (Å²) in [6, 6.07) is 0.473. The van der Waals surface area contributed by atoms with E-state index in [1.807, 2.05) is 13.8 Å². The molecular formula is C7H20N2. The van der Waals surface area contributed by atoms with Crippen LogP contribution in [0.2, 0.25) is 0 Å². The largest absolute Gasteiger partial charge is 0.328 e. The van der Waals surface area contributed by atoms with E-state index in [-0.39, 0.29) is 1.43 Å². The first-order valence-electron chi connectivity index (χ1n) is 3.86. The van der Waals surface area contributed by atoms with Crippen molar-refractivity contribution >= 4 is 0 Å². The van der Waals surface area contributed by atoms with Gasteiger partial charge in [0.25, 0.3) is 0 Å². The van der Waals surface area contributed by atoms with Crippen molar-refractivity contribution < 1.29 is 1.43 Å². The van der Waals surface area contributed by atoms with Crippen molar-refractivity contribution in [3.05, 3.63) is 0 Å². The van der Waals surface area contributed by atoms with E-state index < -0.39 is 0 Å². The van der Waals surface area contributed by atoms with Gasteiger partial charge in [-0.3, -0.25) is 0 Å². The van der Waals surface area contributed by atoms with Crippen LogP contribution in [0.1, 0.15) is 28.1 Å². The number of hydrogen-bond acceptors (Lipinski definition) is 2. The number of nitrogens with one attached hydrogen (secondary N) is 1. The summed E-state index contributed by atoms with van der Waals surface area (Å²) in [4.78, 5) is 0. The molecule has 9 heavy (non-hydrogen) atoms. The Labute approximate surface area is 59.3 Å². The smallest absolute Gasteiger partial charge is 0.00629 e. The molecule has 0 amide bonds. The molecule has 2 nitrogen and oxygen atoms in total. The van der Waals surface area contributed by atoms with E-state index in [2.05, 4.69) is 5.32 Å². The van der Waals surface area contributed by atoms with Gasteiger partial charge in [0.2, 0.25) is 0 Å². The maximum Gasteiger partial charge on any atom is 0.00629 e. The molecule has 1 aliphatic rings. The summed E-state index contributed by atoms with van der Waals surface area (Å²) in [7, 11) is 0. The number of hydrogen-bond donors (Lipinski definition) is 2. The van der Waals surface area contributed by atoms with Crippen LogP contribution in [0.4, 0.5) is 0 Å². The molecule has 0 bridgehead atoms. The minimum atomic E-state index is 0. The predicted octanol–water partition coefficient (Wildman–Crippen LogP) is 0.969. The van der Waals surface area contributed by atoms with Gasteiger partial charge in [0.1, 0.15) is 0 Å². The molecule has 1 saturated heterocycles. The topological polar surface area (TPSA) is 38.0 Å². The molecule has 0 aromatic heterocycles. The summed E-state index contributed by atoms with van der Waals surface area (Å²) < 4.78 is 0. The second-order valence-corrected chi connectivity index (χ2v) is 2.09. The Balaban J connectivity index is 0. The van der Waals surface area contributed by atoms with Gasteiger partial charge in [-0.05, 0) is 25.9 Å². The molecule has 0 aliphatic carbocycles. The van der Waals surface area contributed by atoms with Gasteiger partial charge in [0.15, 0.2) is 0 Å². The van der Waals surface area contributed by atoms with Gasteiger partial charge in [-0.25, -0.2) is 0 Å². The van der Waals surface area contributed by atoms with Crippen LogP contribution in [0.15, 0.2) is 0 Å². The van der Waals surface area contributed by atoms with Crippen LogP contribution in [0.3, 0.4) is 0 Å². The van der Waals surface area contributed by atoms with Gasteiger partial charge in [-0.2, -0.15) is 0 Å². The third-order valence-corrected chi connectivity index (χ3v) is 1.38. The highest BCUT2D eigenvalue weighted by molar-refractivity contribution is 4.69. The predicted molar refractivity (Wildman–Crippen MR) is 43.5 cm³/mol. The Morgan fingerprint density at radius 3 is 2.00 bits per heavy atom. The van der Waals surface area contributed by atoms with Gasteiger partial charge in [-0.15, -0.1) is 0 Å². The Morgan fingerprint density at radius 2 is 1.78 bits per heavy atom. The third kappa shape index (κ3) is 4.43. The maximum absolute atomic E-state index is 5.59. The van der Waals surface area contributed by atoms with Crippen molar-refractivity contribution in [3.8, 4) is 0 Å². The number of nitrogens with two attached hydrogens (primary N) is 1. The van der Waals surface area contributed by atoms with Gasteiger partial charge in [0.05, 0.1) is 0 Å². The van der Waals surface area contributed by atoms with Crippen molar-refractivity contribution in [2.24, 2.45) is 5.73 Å². The molecule has 0 atom stereocenters. The molecule has 1 aliphatic heterocycles. The van der Waals surface area contributed by atoms with Crippen molar-refractivity contribution in [1.82, 2.24) is 5.32 Å². The standard InChI is InChI=1S/C5H12N2.C2H6.H2/c6-5-1-3-7-4-2-5;1-2;/h5,7H,1-4,6H2;1-2H3;1H. The third-order valence-electron chi connectivity index (χ3n) is 1.38. The quantitative estimate of drug-likeness (QED) is 0.515. The van der Waals surface area contributed by atoms with E-state index in [0.717, 1.165) is 25.9 Å². The van der Waals surface area contributed by atoms with Gasteiger partial charge >= 0.3 is 0 Å². The number of piperidine rings is 1. The Bertz CT molecular complexity index is 53.6. The molecule has 58 valence electrons. The minimum absolute atomic E-state index is 0. The Kier molecular flexibility index (Phi) is 5.99. The van der Waals surface area contributed by atoms with Crippen LogP contribution in [0.5, 0.6) is 0 Å². The lowest BCUT2D eigenvalue weighted by Gasteiger charge is -2.17. The Morgan fingerprint density at radius 1 is 1.33 bits per heavy atom. The lowest BCUT2D eigenvalue weighted by atomic mass is 10.1. The summed E-state index contributed by atoms with van der Waals surface area (Å²) in [5, 5.41) is 3.24. The summed E-state index contributed by atoms with van der Waals surface area (Å²) >= 11 is 0. The fourth-order valence-corrected chi connectivity index (χ4v) is 0.844. The van der Waals surface area contributed by atoms with Crippen molar-refractivity contribution in [2.75, 3.05) is 13.1 Å². The van der Waals surface area contributed by atoms with Crippen LogP contribution in [0, 0.1) is 0 Å². The molecule has 0 saturated carbocycles. The second-order valence-electron chi connectivity index (χ2n) is 2.09. The van der Waals surface area contributed by atoms with Crippen LogP contribution in [-0.4, -0.2) is 19.1 Å². The zero-order valence-electron chi connectivity index (χ0n) is 6.48. The van der Waals surface area contributed by atoms with E-state index in [4.69, 9.17) is 5.73 Å². The van der Waals surface area contributed by atoms with Gasteiger partial charge in [0, 0.05) is 7.47 Å². The van der Waals surface area contributed by atoms with Crippen molar-refractivity contribution in [2.45, 2.75) is 32.7 Å². The monoisotopic (exact) mass is 132 g/mol. The lowest BCUT2D eigenvalue weighted by Crippen LogP contribution is -2.35. The average molecular weight is 132 g/mol. The van der Waals surface area contributed by atoms with Crippen LogP contribution in [0.25, 0.3) is 0 Å². The summed E-state index contributed by atoms with van der Waals surface area (Å²) in [5.41, 5.74) is 5.59. The molecule has 3 N–H and O–H groups in total.